The van der Waals surface area contributed by atoms with E-state index in [2.05, 4.69) is 60.6 Å². The van der Waals surface area contributed by atoms with Gasteiger partial charge in [-0.1, -0.05) is 67.0 Å². The van der Waals surface area contributed by atoms with Crippen molar-refractivity contribution in [1.29, 1.82) is 0 Å². The molecule has 0 aliphatic heterocycles. The number of benzene rings is 2. The van der Waals surface area contributed by atoms with Crippen LogP contribution in [0.1, 0.15) is 131 Å². The molecular formula is C29H42O3. The lowest BCUT2D eigenvalue weighted by atomic mass is 9.88. The van der Waals surface area contributed by atoms with Crippen LogP contribution in [0.25, 0.3) is 0 Å². The number of aromatic hydroxyl groups is 1. The van der Waals surface area contributed by atoms with E-state index in [1.807, 2.05) is 18.2 Å². The number of unbranched alkanes of at least 4 members (excludes halogenated alkanes) is 1. The van der Waals surface area contributed by atoms with Crippen LogP contribution in [0.3, 0.4) is 0 Å². The van der Waals surface area contributed by atoms with Crippen LogP contribution in [0.15, 0.2) is 30.3 Å². The highest BCUT2D eigenvalue weighted by Gasteiger charge is 2.22. The van der Waals surface area contributed by atoms with Gasteiger partial charge in [0.15, 0.2) is 0 Å². The van der Waals surface area contributed by atoms with Crippen LogP contribution in [0.2, 0.25) is 0 Å². The quantitative estimate of drug-likeness (QED) is 0.282. The minimum atomic E-state index is -0.357. The van der Waals surface area contributed by atoms with Crippen molar-refractivity contribution < 1.29 is 14.6 Å². The molecule has 176 valence electrons. The first-order chi connectivity index (χ1) is 15.3. The minimum Gasteiger partial charge on any atom is -0.507 e. The lowest BCUT2D eigenvalue weighted by molar-refractivity contribution is 0.0732. The lowest BCUT2D eigenvalue weighted by Crippen LogP contribution is -2.13. The summed E-state index contributed by atoms with van der Waals surface area (Å²) in [6.45, 7) is 14.9. The third-order valence-electron chi connectivity index (χ3n) is 6.93. The fourth-order valence-corrected chi connectivity index (χ4v) is 3.98. The van der Waals surface area contributed by atoms with E-state index in [0.717, 1.165) is 55.2 Å². The molecule has 3 unspecified atom stereocenters. The van der Waals surface area contributed by atoms with Crippen molar-refractivity contribution in [2.45, 2.75) is 105 Å². The Kier molecular flexibility index (Phi) is 9.81. The summed E-state index contributed by atoms with van der Waals surface area (Å²) in [5.74, 6) is 1.26. The highest BCUT2D eigenvalue weighted by Crippen LogP contribution is 2.38. The molecule has 0 fully saturated rings. The third kappa shape index (κ3) is 6.15. The highest BCUT2D eigenvalue weighted by atomic mass is 16.5. The second-order valence-electron chi connectivity index (χ2n) is 9.30. The van der Waals surface area contributed by atoms with E-state index in [1.54, 1.807) is 0 Å². The molecule has 3 heteroatoms. The molecule has 2 rings (SSSR count). The molecule has 0 amide bonds. The number of hydrogen-bond acceptors (Lipinski definition) is 3. The first kappa shape index (κ1) is 26.0. The molecule has 0 bridgehead atoms. The summed E-state index contributed by atoms with van der Waals surface area (Å²) in [6, 6.07) is 9.87. The van der Waals surface area contributed by atoms with Gasteiger partial charge in [0.25, 0.3) is 0 Å². The van der Waals surface area contributed by atoms with Gasteiger partial charge >= 0.3 is 5.97 Å². The van der Waals surface area contributed by atoms with Gasteiger partial charge in [0, 0.05) is 0 Å². The summed E-state index contributed by atoms with van der Waals surface area (Å²) in [6.07, 6.45) is 6.13. The number of carbonyl (C=O) groups is 1. The average molecular weight is 439 g/mol. The molecule has 2 aromatic rings. The normalized spacial score (nSPS) is 14.1. The molecule has 0 saturated carbocycles. The lowest BCUT2D eigenvalue weighted by Gasteiger charge is -2.20. The Labute approximate surface area is 195 Å². The number of phenols is 1. The first-order valence-electron chi connectivity index (χ1n) is 12.5. The molecular weight excluding hydrogens is 396 g/mol. The van der Waals surface area contributed by atoms with Gasteiger partial charge in [-0.25, -0.2) is 4.79 Å². The van der Waals surface area contributed by atoms with Crippen molar-refractivity contribution in [3.8, 4) is 11.5 Å². The Morgan fingerprint density at radius 3 is 1.88 bits per heavy atom. The van der Waals surface area contributed by atoms with E-state index in [-0.39, 0.29) is 17.8 Å². The Morgan fingerprint density at radius 1 is 0.844 bits per heavy atom. The van der Waals surface area contributed by atoms with Gasteiger partial charge in [-0.3, -0.25) is 0 Å². The molecule has 0 heterocycles. The minimum absolute atomic E-state index is 0.166. The van der Waals surface area contributed by atoms with Crippen molar-refractivity contribution in [2.24, 2.45) is 0 Å². The Hall–Kier alpha value is -2.29. The van der Waals surface area contributed by atoms with Crippen LogP contribution >= 0.6 is 0 Å². The average Bonchev–Trinajstić information content (AvgIpc) is 2.81. The fraction of sp³-hybridized carbons (Fsp3) is 0.552. The summed E-state index contributed by atoms with van der Waals surface area (Å²) < 4.78 is 5.97. The molecule has 0 aliphatic carbocycles. The van der Waals surface area contributed by atoms with Gasteiger partial charge < -0.3 is 9.84 Å². The van der Waals surface area contributed by atoms with Crippen LogP contribution in [0.4, 0.5) is 0 Å². The maximum absolute atomic E-state index is 13.3. The second kappa shape index (κ2) is 12.1. The molecule has 0 aromatic heterocycles. The topological polar surface area (TPSA) is 46.5 Å². The monoisotopic (exact) mass is 438 g/mol. The van der Waals surface area contributed by atoms with Gasteiger partial charge in [-0.05, 0) is 90.3 Å². The van der Waals surface area contributed by atoms with Crippen LogP contribution in [-0.4, -0.2) is 11.1 Å². The highest BCUT2D eigenvalue weighted by molar-refractivity contribution is 5.92. The van der Waals surface area contributed by atoms with Crippen LogP contribution in [0, 0.1) is 0 Å². The molecule has 0 spiro atoms. The number of aryl methyl sites for hydroxylation is 1. The van der Waals surface area contributed by atoms with Crippen LogP contribution in [0.5, 0.6) is 11.5 Å². The molecule has 2 aromatic carbocycles. The van der Waals surface area contributed by atoms with Crippen molar-refractivity contribution in [1.82, 2.24) is 0 Å². The molecule has 3 atom stereocenters. The van der Waals surface area contributed by atoms with E-state index in [9.17, 15) is 9.90 Å². The fourth-order valence-electron chi connectivity index (χ4n) is 3.98. The number of esters is 1. The maximum Gasteiger partial charge on any atom is 0.343 e. The van der Waals surface area contributed by atoms with Gasteiger partial charge in [0.05, 0.1) is 5.56 Å². The summed E-state index contributed by atoms with van der Waals surface area (Å²) in [7, 11) is 0. The number of ether oxygens (including phenoxy) is 1. The number of hydrogen-bond donors (Lipinski definition) is 1. The van der Waals surface area contributed by atoms with E-state index >= 15 is 0 Å². The van der Waals surface area contributed by atoms with Crippen LogP contribution < -0.4 is 4.74 Å². The molecule has 32 heavy (non-hydrogen) atoms. The number of rotatable bonds is 11. The largest absolute Gasteiger partial charge is 0.507 e. The van der Waals surface area contributed by atoms with Crippen molar-refractivity contribution in [3.63, 3.8) is 0 Å². The van der Waals surface area contributed by atoms with E-state index < -0.39 is 0 Å². The van der Waals surface area contributed by atoms with Gasteiger partial charge in [0.2, 0.25) is 0 Å². The van der Waals surface area contributed by atoms with E-state index in [1.165, 1.54) is 5.56 Å². The zero-order valence-electron chi connectivity index (χ0n) is 21.1. The smallest absolute Gasteiger partial charge is 0.343 e. The summed E-state index contributed by atoms with van der Waals surface area (Å²) >= 11 is 0. The van der Waals surface area contributed by atoms with Gasteiger partial charge in [-0.2, -0.15) is 0 Å². The number of carbonyl (C=O) groups excluding carboxylic acids is 1. The molecule has 0 radical (unpaired) electrons. The van der Waals surface area contributed by atoms with Crippen molar-refractivity contribution >= 4 is 5.97 Å². The predicted octanol–water partition coefficient (Wildman–Crippen LogP) is 8.49. The Morgan fingerprint density at radius 2 is 1.38 bits per heavy atom. The zero-order valence-corrected chi connectivity index (χ0v) is 21.1. The van der Waals surface area contributed by atoms with Crippen LogP contribution in [-0.2, 0) is 6.42 Å². The van der Waals surface area contributed by atoms with E-state index in [4.69, 9.17) is 4.74 Å². The van der Waals surface area contributed by atoms with Crippen molar-refractivity contribution in [3.05, 3.63) is 58.1 Å². The third-order valence-corrected chi connectivity index (χ3v) is 6.93. The summed E-state index contributed by atoms with van der Waals surface area (Å²) in [5.41, 5.74) is 4.56. The first-order valence-corrected chi connectivity index (χ1v) is 12.5. The Balaban J connectivity index is 2.45. The summed E-state index contributed by atoms with van der Waals surface area (Å²) in [5, 5.41) is 10.9. The van der Waals surface area contributed by atoms with Gasteiger partial charge in [-0.15, -0.1) is 0 Å². The molecule has 1 N–H and O–H groups in total. The molecule has 0 saturated heterocycles. The van der Waals surface area contributed by atoms with E-state index in [0.29, 0.717) is 23.0 Å². The second-order valence-corrected chi connectivity index (χ2v) is 9.30. The zero-order chi connectivity index (χ0) is 23.8. The Bertz CT molecular complexity index is 868. The SMILES string of the molecule is CCCCc1ccc(OC(=O)c2cc(C(C)CC)c(O)c(C(C)CC)c2)c(C(C)CC)c1. The summed E-state index contributed by atoms with van der Waals surface area (Å²) in [4.78, 5) is 13.3. The standard InChI is InChI=1S/C29H42O3/c1-8-12-13-22-14-15-27(24(16-22)19(5)9-2)32-29(31)23-17-25(20(6)10-3)28(30)26(18-23)21(7)11-4/h14-21,30H,8-13H2,1-7H3. The predicted molar refractivity (Wildman–Crippen MR) is 134 cm³/mol. The molecule has 0 aliphatic rings. The maximum atomic E-state index is 13.3. The van der Waals surface area contributed by atoms with Crippen molar-refractivity contribution in [2.75, 3.05) is 0 Å². The van der Waals surface area contributed by atoms with Gasteiger partial charge in [0.1, 0.15) is 11.5 Å². The molecule has 3 nitrogen and oxygen atoms in total. The number of phenolic OH excluding ortho intramolecular Hbond substituents is 1.